The van der Waals surface area contributed by atoms with Crippen molar-refractivity contribution in [3.63, 3.8) is 0 Å². The van der Waals surface area contributed by atoms with E-state index in [1.54, 1.807) is 6.08 Å². The molecule has 0 saturated carbocycles. The van der Waals surface area contributed by atoms with Crippen molar-refractivity contribution >= 4 is 26.0 Å². The van der Waals surface area contributed by atoms with Crippen molar-refractivity contribution in [2.45, 2.75) is 17.4 Å². The second-order valence-corrected chi connectivity index (χ2v) is 7.34. The van der Waals surface area contributed by atoms with Gasteiger partial charge >= 0.3 is 0 Å². The molecule has 108 valence electrons. The molecule has 2 rings (SSSR count). The average Bonchev–Trinajstić information content (AvgIpc) is 2.38. The van der Waals surface area contributed by atoms with Gasteiger partial charge in [-0.05, 0) is 45.6 Å². The molecule has 1 aliphatic rings. The van der Waals surface area contributed by atoms with Gasteiger partial charge in [0.25, 0.3) is 10.1 Å². The van der Waals surface area contributed by atoms with Gasteiger partial charge in [-0.15, -0.1) is 0 Å². The molecule has 20 heavy (non-hydrogen) atoms. The van der Waals surface area contributed by atoms with Crippen molar-refractivity contribution in [2.75, 3.05) is 7.11 Å². The predicted molar refractivity (Wildman–Crippen MR) is 81.1 cm³/mol. The molecule has 0 fully saturated rings. The summed E-state index contributed by atoms with van der Waals surface area (Å²) in [4.78, 5) is -0.0477. The van der Waals surface area contributed by atoms with Crippen molar-refractivity contribution in [3.05, 3.63) is 58.5 Å². The van der Waals surface area contributed by atoms with Gasteiger partial charge in [0.15, 0.2) is 0 Å². The van der Waals surface area contributed by atoms with Crippen LogP contribution < -0.4 is 0 Å². The molecule has 1 unspecified atom stereocenters. The van der Waals surface area contributed by atoms with Gasteiger partial charge in [-0.3, -0.25) is 4.55 Å². The number of hydrogen-bond acceptors (Lipinski definition) is 3. The molecule has 0 amide bonds. The van der Waals surface area contributed by atoms with Crippen LogP contribution in [-0.2, 0) is 21.3 Å². The minimum absolute atomic E-state index is 0.0477. The van der Waals surface area contributed by atoms with E-state index in [1.165, 1.54) is 13.2 Å². The van der Waals surface area contributed by atoms with Gasteiger partial charge in [0, 0.05) is 13.5 Å². The molecule has 0 aliphatic heterocycles. The zero-order chi connectivity index (χ0) is 14.8. The molecule has 1 atom stereocenters. The Bertz CT molecular complexity index is 649. The number of rotatable bonds is 4. The summed E-state index contributed by atoms with van der Waals surface area (Å²) in [5.74, 6) is 0. The van der Waals surface area contributed by atoms with Gasteiger partial charge in [-0.25, -0.2) is 0 Å². The number of halogens is 1. The van der Waals surface area contributed by atoms with E-state index >= 15 is 0 Å². The first-order chi connectivity index (χ1) is 9.34. The van der Waals surface area contributed by atoms with Gasteiger partial charge < -0.3 is 4.74 Å². The van der Waals surface area contributed by atoms with Crippen molar-refractivity contribution in [1.29, 1.82) is 0 Å². The fourth-order valence-corrected chi connectivity index (χ4v) is 3.38. The summed E-state index contributed by atoms with van der Waals surface area (Å²) >= 11 is 3.42. The molecular weight excluding hydrogens is 344 g/mol. The molecule has 1 aromatic rings. The van der Waals surface area contributed by atoms with E-state index < -0.39 is 14.6 Å². The zero-order valence-electron chi connectivity index (χ0n) is 10.9. The van der Waals surface area contributed by atoms with Crippen molar-refractivity contribution in [2.24, 2.45) is 0 Å². The van der Waals surface area contributed by atoms with Gasteiger partial charge in [0.1, 0.15) is 4.51 Å². The average molecular weight is 359 g/mol. The summed E-state index contributed by atoms with van der Waals surface area (Å²) in [6, 6.07) is 9.50. The first-order valence-corrected chi connectivity index (χ1v) is 8.24. The standard InChI is InChI=1S/C14H15BrO4S/c1-19-14(15)8-7-13(20(16,17)18)12(10-14)9-11-5-3-2-4-6-11/h2-8H,9-10H2,1H3,(H,16,17,18). The lowest BCUT2D eigenvalue weighted by Crippen LogP contribution is -2.26. The maximum atomic E-state index is 11.5. The lowest BCUT2D eigenvalue weighted by atomic mass is 9.96. The number of hydrogen-bond donors (Lipinski definition) is 1. The third-order valence-electron chi connectivity index (χ3n) is 3.16. The largest absolute Gasteiger partial charge is 0.363 e. The molecule has 0 radical (unpaired) electrons. The van der Waals surface area contributed by atoms with E-state index in [-0.39, 0.29) is 4.91 Å². The molecule has 1 aromatic carbocycles. The smallest absolute Gasteiger partial charge is 0.294 e. The van der Waals surface area contributed by atoms with Crippen LogP contribution in [0.3, 0.4) is 0 Å². The predicted octanol–water partition coefficient (Wildman–Crippen LogP) is 3.07. The van der Waals surface area contributed by atoms with Crippen LogP contribution >= 0.6 is 15.9 Å². The minimum Gasteiger partial charge on any atom is -0.363 e. The fraction of sp³-hybridized carbons (Fsp3) is 0.286. The first-order valence-electron chi connectivity index (χ1n) is 6.01. The highest BCUT2D eigenvalue weighted by atomic mass is 79.9. The van der Waals surface area contributed by atoms with E-state index in [2.05, 4.69) is 15.9 Å². The highest BCUT2D eigenvalue weighted by molar-refractivity contribution is 9.10. The number of allylic oxidation sites excluding steroid dienone is 1. The first kappa shape index (κ1) is 15.4. The third kappa shape index (κ3) is 3.58. The van der Waals surface area contributed by atoms with E-state index in [4.69, 9.17) is 4.74 Å². The molecule has 0 heterocycles. The van der Waals surface area contributed by atoms with Crippen LogP contribution in [0.15, 0.2) is 53.0 Å². The Kier molecular flexibility index (Phi) is 4.49. The topological polar surface area (TPSA) is 63.6 Å². The zero-order valence-corrected chi connectivity index (χ0v) is 13.3. The quantitative estimate of drug-likeness (QED) is 0.663. The summed E-state index contributed by atoms with van der Waals surface area (Å²) in [6.07, 6.45) is 3.76. The van der Waals surface area contributed by atoms with Crippen molar-refractivity contribution in [3.8, 4) is 0 Å². The van der Waals surface area contributed by atoms with Crippen LogP contribution in [0.4, 0.5) is 0 Å². The number of alkyl halides is 1. The summed E-state index contributed by atoms with van der Waals surface area (Å²) < 4.78 is 36.9. The second-order valence-electron chi connectivity index (χ2n) is 4.61. The van der Waals surface area contributed by atoms with Gasteiger partial charge in [-0.2, -0.15) is 8.42 Å². The summed E-state index contributed by atoms with van der Waals surface area (Å²) in [7, 11) is -2.70. The Morgan fingerprint density at radius 3 is 2.55 bits per heavy atom. The summed E-state index contributed by atoms with van der Waals surface area (Å²) in [5, 5.41) is 0. The van der Waals surface area contributed by atoms with E-state index in [0.717, 1.165) is 5.56 Å². The monoisotopic (exact) mass is 358 g/mol. The fourth-order valence-electron chi connectivity index (χ4n) is 2.16. The van der Waals surface area contributed by atoms with Crippen LogP contribution in [-0.4, -0.2) is 24.6 Å². The number of ether oxygens (including phenoxy) is 1. The Labute approximate surface area is 127 Å². The van der Waals surface area contributed by atoms with Crippen LogP contribution in [0.1, 0.15) is 12.0 Å². The van der Waals surface area contributed by atoms with E-state index in [9.17, 15) is 13.0 Å². The van der Waals surface area contributed by atoms with Crippen LogP contribution in [0, 0.1) is 0 Å². The molecule has 4 nitrogen and oxygen atoms in total. The van der Waals surface area contributed by atoms with Crippen LogP contribution in [0.5, 0.6) is 0 Å². The Balaban J connectivity index is 2.41. The molecule has 0 saturated heterocycles. The lowest BCUT2D eigenvalue weighted by molar-refractivity contribution is 0.116. The highest BCUT2D eigenvalue weighted by Gasteiger charge is 2.32. The molecular formula is C14H15BrO4S. The van der Waals surface area contributed by atoms with Crippen LogP contribution in [0.25, 0.3) is 0 Å². The summed E-state index contributed by atoms with van der Waals surface area (Å²) in [5.41, 5.74) is 1.59. The van der Waals surface area contributed by atoms with Gasteiger partial charge in [0.2, 0.25) is 0 Å². The highest BCUT2D eigenvalue weighted by Crippen LogP contribution is 2.37. The third-order valence-corrected chi connectivity index (χ3v) is 5.01. The molecule has 1 N–H and O–H groups in total. The molecule has 0 aromatic heterocycles. The molecule has 1 aliphatic carbocycles. The van der Waals surface area contributed by atoms with Crippen LogP contribution in [0.2, 0.25) is 0 Å². The van der Waals surface area contributed by atoms with Gasteiger partial charge in [-0.1, -0.05) is 30.3 Å². The summed E-state index contributed by atoms with van der Waals surface area (Å²) in [6.45, 7) is 0. The van der Waals surface area contributed by atoms with Gasteiger partial charge in [0.05, 0.1) is 4.91 Å². The second kappa shape index (κ2) is 5.81. The lowest BCUT2D eigenvalue weighted by Gasteiger charge is -2.28. The Morgan fingerprint density at radius 2 is 2.00 bits per heavy atom. The molecule has 6 heteroatoms. The van der Waals surface area contributed by atoms with Crippen molar-refractivity contribution in [1.82, 2.24) is 0 Å². The molecule has 0 spiro atoms. The Morgan fingerprint density at radius 1 is 1.35 bits per heavy atom. The molecule has 0 bridgehead atoms. The minimum atomic E-state index is -4.24. The Hall–Kier alpha value is -0.950. The SMILES string of the molecule is COC1(Br)C=CC(S(=O)(=O)O)=C(Cc2ccccc2)C1. The normalized spacial score (nSPS) is 23.1. The maximum absolute atomic E-state index is 11.5. The van der Waals surface area contributed by atoms with E-state index in [1.807, 2.05) is 30.3 Å². The van der Waals surface area contributed by atoms with Crippen molar-refractivity contribution < 1.29 is 17.7 Å². The van der Waals surface area contributed by atoms with E-state index in [0.29, 0.717) is 18.4 Å². The maximum Gasteiger partial charge on any atom is 0.294 e. The number of methoxy groups -OCH3 is 1. The number of benzene rings is 1.